The third-order valence-corrected chi connectivity index (χ3v) is 7.85. The second-order valence-electron chi connectivity index (χ2n) is 7.86. The number of carbonyl (C=O) groups is 1. The fourth-order valence-corrected chi connectivity index (χ4v) is 5.90. The summed E-state index contributed by atoms with van der Waals surface area (Å²) in [7, 11) is 0. The average Bonchev–Trinajstić information content (AvgIpc) is 3.28. The molecule has 0 radical (unpaired) electrons. The Morgan fingerprint density at radius 1 is 1.32 bits per heavy atom. The molecule has 3 aromatic rings. The molecule has 28 heavy (non-hydrogen) atoms. The van der Waals surface area contributed by atoms with E-state index >= 15 is 0 Å². The number of aromatic nitrogens is 2. The third kappa shape index (κ3) is 3.65. The fourth-order valence-electron chi connectivity index (χ4n) is 4.03. The molecule has 1 saturated carbocycles. The number of nitrogens with one attached hydrogen (secondary N) is 1. The van der Waals surface area contributed by atoms with E-state index in [1.165, 1.54) is 33.5 Å². The lowest BCUT2D eigenvalue weighted by Crippen LogP contribution is -2.45. The van der Waals surface area contributed by atoms with Crippen molar-refractivity contribution in [2.24, 2.45) is 11.8 Å². The first-order chi connectivity index (χ1) is 13.4. The van der Waals surface area contributed by atoms with E-state index in [1.807, 2.05) is 11.4 Å². The van der Waals surface area contributed by atoms with Crippen molar-refractivity contribution in [2.75, 3.05) is 0 Å². The third-order valence-electron chi connectivity index (χ3n) is 5.93. The Morgan fingerprint density at radius 2 is 2.14 bits per heavy atom. The molecule has 0 bridgehead atoms. The summed E-state index contributed by atoms with van der Waals surface area (Å²) >= 11 is 3.13. The molecule has 0 spiro atoms. The van der Waals surface area contributed by atoms with Crippen LogP contribution in [0.4, 0.5) is 0 Å². The first-order valence-corrected chi connectivity index (χ1v) is 11.5. The number of rotatable bonds is 4. The summed E-state index contributed by atoms with van der Waals surface area (Å²) in [6, 6.07) is 4.28. The summed E-state index contributed by atoms with van der Waals surface area (Å²) in [5.74, 6) is 0.959. The zero-order valence-electron chi connectivity index (χ0n) is 16.4. The van der Waals surface area contributed by atoms with E-state index in [9.17, 15) is 9.59 Å². The molecule has 3 heterocycles. The van der Waals surface area contributed by atoms with Gasteiger partial charge in [0.2, 0.25) is 5.91 Å². The lowest BCUT2D eigenvalue weighted by Gasteiger charge is -2.34. The van der Waals surface area contributed by atoms with Gasteiger partial charge in [-0.1, -0.05) is 26.7 Å². The van der Waals surface area contributed by atoms with Crippen LogP contribution in [0, 0.1) is 18.8 Å². The quantitative estimate of drug-likeness (QED) is 0.685. The molecule has 5 nitrogen and oxygen atoms in total. The Morgan fingerprint density at radius 3 is 2.89 bits per heavy atom. The first-order valence-electron chi connectivity index (χ1n) is 9.77. The molecule has 0 aliphatic heterocycles. The topological polar surface area (TPSA) is 64.0 Å². The smallest absolute Gasteiger partial charge is 0.263 e. The summed E-state index contributed by atoms with van der Waals surface area (Å²) in [6.45, 7) is 6.51. The molecular formula is C21H25N3O2S2. The maximum absolute atomic E-state index is 13.1. The maximum atomic E-state index is 13.1. The zero-order chi connectivity index (χ0) is 19.8. The first kappa shape index (κ1) is 19.3. The molecule has 148 valence electrons. The summed E-state index contributed by atoms with van der Waals surface area (Å²) in [5, 5.41) is 5.74. The van der Waals surface area contributed by atoms with Gasteiger partial charge in [-0.25, -0.2) is 4.98 Å². The normalized spacial score (nSPS) is 22.5. The summed E-state index contributed by atoms with van der Waals surface area (Å²) in [5.41, 5.74) is 0.771. The van der Waals surface area contributed by atoms with Crippen LogP contribution in [-0.2, 0) is 11.3 Å². The Labute approximate surface area is 172 Å². The van der Waals surface area contributed by atoms with E-state index in [4.69, 9.17) is 0 Å². The predicted molar refractivity (Wildman–Crippen MR) is 116 cm³/mol. The average molecular weight is 416 g/mol. The minimum Gasteiger partial charge on any atom is -0.352 e. The van der Waals surface area contributed by atoms with Gasteiger partial charge in [-0.3, -0.25) is 14.2 Å². The number of nitrogens with zero attached hydrogens (tertiary/aromatic N) is 2. The zero-order valence-corrected chi connectivity index (χ0v) is 18.0. The van der Waals surface area contributed by atoms with E-state index in [2.05, 4.69) is 37.1 Å². The minimum absolute atomic E-state index is 0.0120. The van der Waals surface area contributed by atoms with Gasteiger partial charge in [0, 0.05) is 26.7 Å². The molecule has 1 aliphatic rings. The Hall–Kier alpha value is -1.99. The molecule has 3 atom stereocenters. The van der Waals surface area contributed by atoms with E-state index in [0.29, 0.717) is 17.2 Å². The van der Waals surface area contributed by atoms with Crippen LogP contribution < -0.4 is 10.9 Å². The highest BCUT2D eigenvalue weighted by Gasteiger charge is 2.28. The van der Waals surface area contributed by atoms with Crippen molar-refractivity contribution in [1.82, 2.24) is 14.9 Å². The van der Waals surface area contributed by atoms with Crippen molar-refractivity contribution < 1.29 is 4.79 Å². The second-order valence-corrected chi connectivity index (χ2v) is 10.0. The van der Waals surface area contributed by atoms with Crippen LogP contribution in [0.3, 0.4) is 0 Å². The van der Waals surface area contributed by atoms with Crippen molar-refractivity contribution in [1.29, 1.82) is 0 Å². The number of aryl methyl sites for hydroxylation is 1. The van der Waals surface area contributed by atoms with Crippen LogP contribution in [0.2, 0.25) is 0 Å². The molecule has 1 fully saturated rings. The molecular weight excluding hydrogens is 390 g/mol. The molecule has 0 unspecified atom stereocenters. The number of hydrogen-bond acceptors (Lipinski definition) is 5. The van der Waals surface area contributed by atoms with Gasteiger partial charge >= 0.3 is 0 Å². The Balaban J connectivity index is 1.58. The number of thiophene rings is 2. The number of carbonyl (C=O) groups excluding carboxylic acids is 1. The monoisotopic (exact) mass is 415 g/mol. The van der Waals surface area contributed by atoms with Crippen molar-refractivity contribution in [3.63, 3.8) is 0 Å². The van der Waals surface area contributed by atoms with Crippen LogP contribution in [0.1, 0.15) is 38.0 Å². The highest BCUT2D eigenvalue weighted by Crippen LogP contribution is 2.35. The van der Waals surface area contributed by atoms with E-state index in [0.717, 1.165) is 28.1 Å². The van der Waals surface area contributed by atoms with E-state index in [1.54, 1.807) is 11.3 Å². The van der Waals surface area contributed by atoms with Gasteiger partial charge in [0.25, 0.3) is 5.56 Å². The standard InChI is InChI=1S/C21H25N3O2S2/c1-12-5-4-6-16(14(12)3)23-18(25)9-24-11-22-20-19(21(24)26)15(10-27-20)17-8-7-13(2)28-17/h7-8,10-12,14,16H,4-6,9H2,1-3H3,(H,23,25)/t12-,14+,16+/m1/s1. The molecule has 1 N–H and O–H groups in total. The van der Waals surface area contributed by atoms with E-state index in [-0.39, 0.29) is 24.1 Å². The van der Waals surface area contributed by atoms with Crippen LogP contribution >= 0.6 is 22.7 Å². The minimum atomic E-state index is -0.146. The predicted octanol–water partition coefficient (Wildman–Crippen LogP) is 4.44. The van der Waals surface area contributed by atoms with Crippen molar-refractivity contribution in [3.8, 4) is 10.4 Å². The second kappa shape index (κ2) is 7.79. The van der Waals surface area contributed by atoms with Crippen molar-refractivity contribution in [3.05, 3.63) is 39.1 Å². The lowest BCUT2D eigenvalue weighted by molar-refractivity contribution is -0.123. The van der Waals surface area contributed by atoms with Crippen LogP contribution in [0.25, 0.3) is 20.7 Å². The maximum Gasteiger partial charge on any atom is 0.263 e. The highest BCUT2D eigenvalue weighted by atomic mass is 32.1. The van der Waals surface area contributed by atoms with Crippen LogP contribution in [-0.4, -0.2) is 21.5 Å². The van der Waals surface area contributed by atoms with Gasteiger partial charge in [0.1, 0.15) is 11.4 Å². The van der Waals surface area contributed by atoms with E-state index < -0.39 is 0 Å². The van der Waals surface area contributed by atoms with Gasteiger partial charge < -0.3 is 5.32 Å². The fraction of sp³-hybridized carbons (Fsp3) is 0.476. The molecule has 0 saturated heterocycles. The number of amides is 1. The van der Waals surface area contributed by atoms with Crippen molar-refractivity contribution in [2.45, 2.75) is 52.6 Å². The van der Waals surface area contributed by atoms with Gasteiger partial charge in [0.15, 0.2) is 0 Å². The molecule has 7 heteroatoms. The highest BCUT2D eigenvalue weighted by molar-refractivity contribution is 7.19. The Kier molecular flexibility index (Phi) is 5.38. The van der Waals surface area contributed by atoms with Crippen LogP contribution in [0.5, 0.6) is 0 Å². The van der Waals surface area contributed by atoms with Gasteiger partial charge in [-0.05, 0) is 37.3 Å². The SMILES string of the molecule is Cc1ccc(-c2csc3ncn(CC(=O)N[C@H]4CCC[C@@H](C)[C@@H]4C)c(=O)c23)s1. The molecule has 1 aliphatic carbocycles. The van der Waals surface area contributed by atoms with Gasteiger partial charge in [0.05, 0.1) is 11.7 Å². The lowest BCUT2D eigenvalue weighted by atomic mass is 9.78. The molecule has 0 aromatic carbocycles. The molecule has 4 rings (SSSR count). The molecule has 3 aromatic heterocycles. The van der Waals surface area contributed by atoms with Crippen molar-refractivity contribution >= 4 is 38.8 Å². The summed E-state index contributed by atoms with van der Waals surface area (Å²) in [6.07, 6.45) is 4.87. The summed E-state index contributed by atoms with van der Waals surface area (Å²) in [4.78, 5) is 33.1. The number of fused-ring (bicyclic) bond motifs is 1. The molecule has 1 amide bonds. The van der Waals surface area contributed by atoms with Crippen LogP contribution in [0.15, 0.2) is 28.6 Å². The largest absolute Gasteiger partial charge is 0.352 e. The Bertz CT molecular complexity index is 1070. The summed E-state index contributed by atoms with van der Waals surface area (Å²) < 4.78 is 1.44. The number of hydrogen-bond donors (Lipinski definition) is 1. The van der Waals surface area contributed by atoms with Gasteiger partial charge in [-0.15, -0.1) is 22.7 Å². The van der Waals surface area contributed by atoms with Gasteiger partial charge in [-0.2, -0.15) is 0 Å².